The highest BCUT2D eigenvalue weighted by Crippen LogP contribution is 2.50. The van der Waals surface area contributed by atoms with Crippen molar-refractivity contribution >= 4 is 65.5 Å². The fourth-order valence-electron chi connectivity index (χ4n) is 5.59. The summed E-state index contributed by atoms with van der Waals surface area (Å²) >= 11 is 7.89. The molecule has 0 aliphatic carbocycles. The lowest BCUT2D eigenvalue weighted by Gasteiger charge is -2.10. The van der Waals surface area contributed by atoms with E-state index in [1.165, 1.54) is 131 Å². The van der Waals surface area contributed by atoms with E-state index >= 15 is 0 Å². The minimum atomic E-state index is 1.23. The predicted molar refractivity (Wildman–Crippen MR) is 178 cm³/mol. The average molecular weight is 579 g/mol. The maximum Gasteiger partial charge on any atom is 0.0442 e. The van der Waals surface area contributed by atoms with Crippen molar-refractivity contribution < 1.29 is 0 Å². The molecule has 0 saturated carbocycles. The van der Waals surface area contributed by atoms with Crippen molar-refractivity contribution in [3.05, 3.63) is 56.9 Å². The van der Waals surface area contributed by atoms with Crippen molar-refractivity contribution in [1.29, 1.82) is 0 Å². The van der Waals surface area contributed by atoms with Crippen LogP contribution in [-0.4, -0.2) is 0 Å². The van der Waals surface area contributed by atoms with Crippen molar-refractivity contribution in [2.24, 2.45) is 0 Å². The summed E-state index contributed by atoms with van der Waals surface area (Å²) in [6.07, 6.45) is 18.9. The standard InChI is InChI=1S/C34H42S4/c1-3-5-7-9-11-13-15-25-17-19-29(37-25)31-27-21-23-36-34(27)32(28-22-24-35-33(28)31)30-20-18-26(38-30)16-14-12-10-8-6-4-2/h17-24H,3-16H2,1-2H3. The third-order valence-corrected chi connectivity index (χ3v) is 11.9. The Morgan fingerprint density at radius 2 is 0.895 bits per heavy atom. The smallest absolute Gasteiger partial charge is 0.0442 e. The van der Waals surface area contributed by atoms with Gasteiger partial charge >= 0.3 is 0 Å². The Hall–Kier alpha value is -1.46. The van der Waals surface area contributed by atoms with Gasteiger partial charge in [0.25, 0.3) is 0 Å². The highest BCUT2D eigenvalue weighted by molar-refractivity contribution is 7.22. The van der Waals surface area contributed by atoms with Crippen LogP contribution in [0.3, 0.4) is 0 Å². The maximum absolute atomic E-state index is 2.39. The van der Waals surface area contributed by atoms with Gasteiger partial charge in [0.05, 0.1) is 0 Å². The molecule has 0 fully saturated rings. The second-order valence-electron chi connectivity index (χ2n) is 10.6. The molecule has 5 aromatic rings. The van der Waals surface area contributed by atoms with Gasteiger partial charge in [0.2, 0.25) is 0 Å². The van der Waals surface area contributed by atoms with E-state index < -0.39 is 0 Å². The number of hydrogen-bond donors (Lipinski definition) is 0. The van der Waals surface area contributed by atoms with Gasteiger partial charge in [-0.3, -0.25) is 0 Å². The Balaban J connectivity index is 1.36. The topological polar surface area (TPSA) is 0 Å². The van der Waals surface area contributed by atoms with Crippen LogP contribution in [0.25, 0.3) is 41.1 Å². The number of fused-ring (bicyclic) bond motifs is 2. The Morgan fingerprint density at radius 3 is 1.34 bits per heavy atom. The molecule has 0 radical (unpaired) electrons. The monoisotopic (exact) mass is 578 g/mol. The maximum atomic E-state index is 2.39. The molecule has 0 nitrogen and oxygen atoms in total. The zero-order valence-electron chi connectivity index (χ0n) is 23.2. The number of hydrogen-bond acceptors (Lipinski definition) is 4. The van der Waals surface area contributed by atoms with Gasteiger partial charge in [0, 0.05) is 50.8 Å². The van der Waals surface area contributed by atoms with E-state index in [9.17, 15) is 0 Å². The van der Waals surface area contributed by atoms with Crippen LogP contribution < -0.4 is 0 Å². The molecule has 38 heavy (non-hydrogen) atoms. The van der Waals surface area contributed by atoms with E-state index in [0.29, 0.717) is 0 Å². The lowest BCUT2D eigenvalue weighted by Crippen LogP contribution is -1.83. The van der Waals surface area contributed by atoms with Gasteiger partial charge in [-0.1, -0.05) is 78.1 Å². The molecule has 0 bridgehead atoms. The first kappa shape index (κ1) is 28.1. The molecular weight excluding hydrogens is 537 g/mol. The highest BCUT2D eigenvalue weighted by atomic mass is 32.1. The van der Waals surface area contributed by atoms with Gasteiger partial charge in [-0.15, -0.1) is 45.3 Å². The Labute approximate surface area is 245 Å². The summed E-state index contributed by atoms with van der Waals surface area (Å²) in [4.78, 5) is 5.99. The largest absolute Gasteiger partial charge is 0.143 e. The van der Waals surface area contributed by atoms with Crippen molar-refractivity contribution in [1.82, 2.24) is 0 Å². The molecule has 0 atom stereocenters. The zero-order chi connectivity index (χ0) is 26.2. The van der Waals surface area contributed by atoms with E-state index in [4.69, 9.17) is 0 Å². The molecule has 0 unspecified atom stereocenters. The molecule has 0 aliphatic rings. The first-order valence-electron chi connectivity index (χ1n) is 14.9. The molecule has 0 amide bonds. The quantitative estimate of drug-likeness (QED) is 0.102. The molecule has 4 aromatic heterocycles. The molecule has 0 spiro atoms. The van der Waals surface area contributed by atoms with Crippen LogP contribution in [0.2, 0.25) is 0 Å². The van der Waals surface area contributed by atoms with Gasteiger partial charge in [-0.25, -0.2) is 0 Å². The van der Waals surface area contributed by atoms with Gasteiger partial charge in [0.1, 0.15) is 0 Å². The molecule has 4 heteroatoms. The number of thiophene rings is 4. The van der Waals surface area contributed by atoms with Crippen molar-refractivity contribution in [3.63, 3.8) is 0 Å². The highest BCUT2D eigenvalue weighted by Gasteiger charge is 2.20. The van der Waals surface area contributed by atoms with Crippen LogP contribution in [0.4, 0.5) is 0 Å². The fourth-order valence-corrected chi connectivity index (χ4v) is 9.90. The first-order chi connectivity index (χ1) is 18.8. The number of aryl methyl sites for hydroxylation is 2. The lowest BCUT2D eigenvalue weighted by molar-refractivity contribution is 0.609. The zero-order valence-corrected chi connectivity index (χ0v) is 26.4. The number of benzene rings is 1. The molecule has 0 saturated heterocycles. The van der Waals surface area contributed by atoms with Crippen LogP contribution in [-0.2, 0) is 12.8 Å². The molecular formula is C34H42S4. The average Bonchev–Trinajstić information content (AvgIpc) is 3.74. The van der Waals surface area contributed by atoms with Crippen molar-refractivity contribution in [2.45, 2.75) is 104 Å². The van der Waals surface area contributed by atoms with E-state index in [2.05, 4.69) is 61.0 Å². The van der Waals surface area contributed by atoms with Crippen molar-refractivity contribution in [3.8, 4) is 20.9 Å². The van der Waals surface area contributed by atoms with Crippen LogP contribution in [0.1, 0.15) is 101 Å². The molecule has 5 rings (SSSR count). The summed E-state index contributed by atoms with van der Waals surface area (Å²) < 4.78 is 2.93. The van der Waals surface area contributed by atoms with Crippen LogP contribution in [0, 0.1) is 0 Å². The van der Waals surface area contributed by atoms with E-state index in [1.807, 2.05) is 45.3 Å². The minimum absolute atomic E-state index is 1.23. The second kappa shape index (κ2) is 14.3. The SMILES string of the molecule is CCCCCCCCc1ccc(-c2c3ccsc3c(-c3ccc(CCCCCCCC)s3)c3ccsc23)s1. The summed E-state index contributed by atoms with van der Waals surface area (Å²) in [5.74, 6) is 0. The van der Waals surface area contributed by atoms with E-state index in [1.54, 1.807) is 9.75 Å². The third-order valence-electron chi connectivity index (χ3n) is 7.69. The number of rotatable bonds is 16. The van der Waals surface area contributed by atoms with Crippen molar-refractivity contribution in [2.75, 3.05) is 0 Å². The Morgan fingerprint density at radius 1 is 0.474 bits per heavy atom. The summed E-state index contributed by atoms with van der Waals surface area (Å²) in [5.41, 5.74) is 2.94. The molecule has 0 aliphatic heterocycles. The van der Waals surface area contributed by atoms with Gasteiger partial charge in [-0.05, 0) is 72.8 Å². The van der Waals surface area contributed by atoms with Gasteiger partial charge in [0.15, 0.2) is 0 Å². The second-order valence-corrected chi connectivity index (χ2v) is 14.8. The summed E-state index contributed by atoms with van der Waals surface area (Å²) in [7, 11) is 0. The van der Waals surface area contributed by atoms with Gasteiger partial charge < -0.3 is 0 Å². The fraction of sp³-hybridized carbons (Fsp3) is 0.471. The third kappa shape index (κ3) is 6.63. The van der Waals surface area contributed by atoms with Crippen LogP contribution in [0.15, 0.2) is 47.2 Å². The van der Waals surface area contributed by atoms with Crippen LogP contribution in [0.5, 0.6) is 0 Å². The minimum Gasteiger partial charge on any atom is -0.143 e. The number of unbranched alkanes of at least 4 members (excludes halogenated alkanes) is 10. The predicted octanol–water partition coefficient (Wildman–Crippen LogP) is 13.4. The Kier molecular flexibility index (Phi) is 10.5. The molecule has 1 aromatic carbocycles. The van der Waals surface area contributed by atoms with E-state index in [0.717, 1.165) is 0 Å². The Bertz CT molecular complexity index is 1250. The molecule has 0 N–H and O–H groups in total. The summed E-state index contributed by atoms with van der Waals surface area (Å²) in [6.45, 7) is 4.59. The normalized spacial score (nSPS) is 11.8. The summed E-state index contributed by atoms with van der Waals surface area (Å²) in [5, 5.41) is 7.49. The van der Waals surface area contributed by atoms with Gasteiger partial charge in [-0.2, -0.15) is 0 Å². The van der Waals surface area contributed by atoms with E-state index in [-0.39, 0.29) is 0 Å². The summed E-state index contributed by atoms with van der Waals surface area (Å²) in [6, 6.07) is 14.3. The molecule has 202 valence electrons. The molecule has 4 heterocycles. The van der Waals surface area contributed by atoms with Crippen LogP contribution >= 0.6 is 45.3 Å². The lowest BCUT2D eigenvalue weighted by atomic mass is 10.0. The first-order valence-corrected chi connectivity index (χ1v) is 18.3.